The fourth-order valence-electron chi connectivity index (χ4n) is 4.10. The first-order chi connectivity index (χ1) is 13.6. The number of piperidine rings is 1. The molecule has 1 saturated heterocycles. The van der Waals surface area contributed by atoms with E-state index in [1.54, 1.807) is 24.3 Å². The van der Waals surface area contributed by atoms with E-state index in [-0.39, 0.29) is 23.6 Å². The highest BCUT2D eigenvalue weighted by molar-refractivity contribution is 5.93. The quantitative estimate of drug-likeness (QED) is 0.747. The highest BCUT2D eigenvalue weighted by atomic mass is 19.1. The summed E-state index contributed by atoms with van der Waals surface area (Å²) >= 11 is 0. The Morgan fingerprint density at radius 1 is 1.11 bits per heavy atom. The maximum absolute atomic E-state index is 13.6. The predicted molar refractivity (Wildman–Crippen MR) is 108 cm³/mol. The van der Waals surface area contributed by atoms with E-state index in [0.29, 0.717) is 18.8 Å². The Bertz CT molecular complexity index is 772. The summed E-state index contributed by atoms with van der Waals surface area (Å²) in [6.07, 6.45) is 3.81. The molecule has 1 fully saturated rings. The number of anilines is 1. The van der Waals surface area contributed by atoms with Gasteiger partial charge in [0.1, 0.15) is 11.6 Å². The molecule has 3 rings (SSSR count). The standard InChI is InChI=1S/C23H28F2N2O/c1-2-23(28)27(21-9-7-19(24)8-10-21)22(18-12-14-26-15-13-18)11-6-17-4-3-5-20(25)16-17/h3-5,7-10,16,18,22,26H,2,6,11-15H2,1H3. The van der Waals surface area contributed by atoms with Crippen LogP contribution in [0.15, 0.2) is 48.5 Å². The van der Waals surface area contributed by atoms with E-state index in [9.17, 15) is 13.6 Å². The van der Waals surface area contributed by atoms with Gasteiger partial charge in [-0.05, 0) is 86.7 Å². The topological polar surface area (TPSA) is 32.3 Å². The van der Waals surface area contributed by atoms with Gasteiger partial charge in [-0.15, -0.1) is 0 Å². The second-order valence-corrected chi connectivity index (χ2v) is 7.42. The van der Waals surface area contributed by atoms with Gasteiger partial charge in [0.2, 0.25) is 5.91 Å². The molecule has 0 saturated carbocycles. The van der Waals surface area contributed by atoms with Crippen molar-refractivity contribution in [2.45, 2.75) is 45.1 Å². The number of aryl methyl sites for hydroxylation is 1. The van der Waals surface area contributed by atoms with E-state index in [4.69, 9.17) is 0 Å². The number of nitrogens with one attached hydrogen (secondary N) is 1. The summed E-state index contributed by atoms with van der Waals surface area (Å²) in [6, 6.07) is 12.8. The van der Waals surface area contributed by atoms with Gasteiger partial charge >= 0.3 is 0 Å². The molecule has 1 aliphatic heterocycles. The summed E-state index contributed by atoms with van der Waals surface area (Å²) in [6.45, 7) is 3.71. The van der Waals surface area contributed by atoms with Crippen molar-refractivity contribution < 1.29 is 13.6 Å². The molecular weight excluding hydrogens is 358 g/mol. The van der Waals surface area contributed by atoms with Crippen LogP contribution in [-0.4, -0.2) is 25.0 Å². The van der Waals surface area contributed by atoms with Crippen LogP contribution in [0, 0.1) is 17.6 Å². The SMILES string of the molecule is CCC(=O)N(c1ccc(F)cc1)C(CCc1cccc(F)c1)C1CCNCC1. The van der Waals surface area contributed by atoms with Gasteiger partial charge < -0.3 is 10.2 Å². The van der Waals surface area contributed by atoms with Crippen molar-refractivity contribution in [2.75, 3.05) is 18.0 Å². The first-order valence-corrected chi connectivity index (χ1v) is 10.1. The molecule has 0 radical (unpaired) electrons. The molecule has 1 N–H and O–H groups in total. The first kappa shape index (κ1) is 20.5. The summed E-state index contributed by atoms with van der Waals surface area (Å²) in [7, 11) is 0. The third kappa shape index (κ3) is 5.16. The minimum Gasteiger partial charge on any atom is -0.317 e. The van der Waals surface area contributed by atoms with Crippen LogP contribution in [0.4, 0.5) is 14.5 Å². The molecule has 28 heavy (non-hydrogen) atoms. The average Bonchev–Trinajstić information content (AvgIpc) is 2.72. The summed E-state index contributed by atoms with van der Waals surface area (Å²) in [5, 5.41) is 3.38. The molecule has 0 aliphatic carbocycles. The monoisotopic (exact) mass is 386 g/mol. The van der Waals surface area contributed by atoms with E-state index in [1.165, 1.54) is 18.2 Å². The van der Waals surface area contributed by atoms with Crippen molar-refractivity contribution in [3.63, 3.8) is 0 Å². The minimum atomic E-state index is -0.314. The Morgan fingerprint density at radius 2 is 1.82 bits per heavy atom. The number of hydrogen-bond donors (Lipinski definition) is 1. The highest BCUT2D eigenvalue weighted by Crippen LogP contribution is 2.30. The molecule has 2 aromatic carbocycles. The number of benzene rings is 2. The van der Waals surface area contributed by atoms with Gasteiger partial charge in [0.25, 0.3) is 0 Å². The van der Waals surface area contributed by atoms with Crippen molar-refractivity contribution >= 4 is 11.6 Å². The molecule has 1 heterocycles. The Kier molecular flexibility index (Phi) is 7.15. The number of halogens is 2. The number of amides is 1. The molecule has 0 aromatic heterocycles. The predicted octanol–water partition coefficient (Wildman–Crippen LogP) is 4.71. The Hall–Kier alpha value is -2.27. The summed E-state index contributed by atoms with van der Waals surface area (Å²) in [4.78, 5) is 14.8. The maximum atomic E-state index is 13.6. The largest absolute Gasteiger partial charge is 0.317 e. The number of carbonyl (C=O) groups is 1. The van der Waals surface area contributed by atoms with Crippen molar-refractivity contribution in [3.05, 3.63) is 65.7 Å². The van der Waals surface area contributed by atoms with Crippen LogP contribution in [0.25, 0.3) is 0 Å². The van der Waals surface area contributed by atoms with Gasteiger partial charge in [0.15, 0.2) is 0 Å². The highest BCUT2D eigenvalue weighted by Gasteiger charge is 2.32. The van der Waals surface area contributed by atoms with Crippen LogP contribution in [-0.2, 0) is 11.2 Å². The molecule has 2 aromatic rings. The number of hydrogen-bond acceptors (Lipinski definition) is 2. The minimum absolute atomic E-state index is 0.00304. The van der Waals surface area contributed by atoms with Crippen molar-refractivity contribution in [1.29, 1.82) is 0 Å². The zero-order valence-electron chi connectivity index (χ0n) is 16.3. The number of carbonyl (C=O) groups excluding carboxylic acids is 1. The molecule has 1 unspecified atom stereocenters. The van der Waals surface area contributed by atoms with Crippen LogP contribution < -0.4 is 10.2 Å². The van der Waals surface area contributed by atoms with Gasteiger partial charge in [-0.25, -0.2) is 8.78 Å². The number of rotatable bonds is 7. The molecular formula is C23H28F2N2O. The number of nitrogens with zero attached hydrogens (tertiary/aromatic N) is 1. The lowest BCUT2D eigenvalue weighted by Crippen LogP contribution is -2.48. The fourth-order valence-corrected chi connectivity index (χ4v) is 4.10. The molecule has 150 valence electrons. The van der Waals surface area contributed by atoms with E-state index in [2.05, 4.69) is 5.32 Å². The van der Waals surface area contributed by atoms with Gasteiger partial charge in [-0.1, -0.05) is 19.1 Å². The second-order valence-electron chi connectivity index (χ2n) is 7.42. The van der Waals surface area contributed by atoms with E-state index < -0.39 is 0 Å². The fraction of sp³-hybridized carbons (Fsp3) is 0.435. The summed E-state index contributed by atoms with van der Waals surface area (Å²) in [5.41, 5.74) is 1.66. The van der Waals surface area contributed by atoms with E-state index in [1.807, 2.05) is 17.9 Å². The molecule has 1 atom stereocenters. The smallest absolute Gasteiger partial charge is 0.226 e. The zero-order chi connectivity index (χ0) is 19.9. The Morgan fingerprint density at radius 3 is 2.46 bits per heavy atom. The van der Waals surface area contributed by atoms with Crippen LogP contribution in [0.2, 0.25) is 0 Å². The van der Waals surface area contributed by atoms with Crippen LogP contribution in [0.3, 0.4) is 0 Å². The van der Waals surface area contributed by atoms with Gasteiger partial charge in [-0.3, -0.25) is 4.79 Å². The third-order valence-electron chi connectivity index (χ3n) is 5.55. The molecule has 1 amide bonds. The molecule has 3 nitrogen and oxygen atoms in total. The lowest BCUT2D eigenvalue weighted by Gasteiger charge is -2.39. The maximum Gasteiger partial charge on any atom is 0.226 e. The summed E-state index contributed by atoms with van der Waals surface area (Å²) in [5.74, 6) is -0.161. The molecule has 5 heteroatoms. The molecule has 0 spiro atoms. The second kappa shape index (κ2) is 9.78. The van der Waals surface area contributed by atoms with Crippen LogP contribution in [0.1, 0.15) is 38.2 Å². The van der Waals surface area contributed by atoms with Crippen LogP contribution >= 0.6 is 0 Å². The van der Waals surface area contributed by atoms with Gasteiger partial charge in [0.05, 0.1) is 0 Å². The third-order valence-corrected chi connectivity index (χ3v) is 5.55. The molecule has 0 bridgehead atoms. The first-order valence-electron chi connectivity index (χ1n) is 10.1. The summed E-state index contributed by atoms with van der Waals surface area (Å²) < 4.78 is 27.0. The van der Waals surface area contributed by atoms with Crippen LogP contribution in [0.5, 0.6) is 0 Å². The van der Waals surface area contributed by atoms with Crippen molar-refractivity contribution in [2.24, 2.45) is 5.92 Å². The normalized spacial score (nSPS) is 16.0. The Balaban J connectivity index is 1.89. The van der Waals surface area contributed by atoms with Crippen molar-refractivity contribution in [3.8, 4) is 0 Å². The van der Waals surface area contributed by atoms with E-state index in [0.717, 1.165) is 43.6 Å². The zero-order valence-corrected chi connectivity index (χ0v) is 16.3. The van der Waals surface area contributed by atoms with Gasteiger partial charge in [-0.2, -0.15) is 0 Å². The average molecular weight is 386 g/mol. The van der Waals surface area contributed by atoms with E-state index >= 15 is 0 Å². The van der Waals surface area contributed by atoms with Crippen molar-refractivity contribution in [1.82, 2.24) is 5.32 Å². The lowest BCUT2D eigenvalue weighted by atomic mass is 9.85. The Labute approximate surface area is 165 Å². The lowest BCUT2D eigenvalue weighted by molar-refractivity contribution is -0.119. The van der Waals surface area contributed by atoms with Gasteiger partial charge in [0, 0.05) is 18.2 Å². The molecule has 1 aliphatic rings.